The number of methoxy groups -OCH3 is 1. The Hall–Kier alpha value is -1.94. The second-order valence-electron chi connectivity index (χ2n) is 4.37. The first kappa shape index (κ1) is 14.1. The summed E-state index contributed by atoms with van der Waals surface area (Å²) < 4.78 is 4.47. The van der Waals surface area contributed by atoms with Gasteiger partial charge >= 0.3 is 5.97 Å². The van der Waals surface area contributed by atoms with E-state index in [9.17, 15) is 14.7 Å². The van der Waals surface area contributed by atoms with Crippen LogP contribution in [0, 0.1) is 0 Å². The largest absolute Gasteiger partial charge is 0.466 e. The SMILES string of the molecule is COC(=O)C=Cc1ccc(C(=O)C(C)(C)O)cc1. The maximum Gasteiger partial charge on any atom is 0.330 e. The van der Waals surface area contributed by atoms with Gasteiger partial charge in [-0.1, -0.05) is 24.3 Å². The molecule has 4 nitrogen and oxygen atoms in total. The number of rotatable bonds is 4. The normalized spacial score (nSPS) is 11.6. The van der Waals surface area contributed by atoms with E-state index in [1.54, 1.807) is 30.3 Å². The molecule has 0 aliphatic heterocycles. The molecule has 0 saturated carbocycles. The van der Waals surface area contributed by atoms with Gasteiger partial charge < -0.3 is 9.84 Å². The Bertz CT molecular complexity index is 464. The minimum atomic E-state index is -1.39. The van der Waals surface area contributed by atoms with Crippen LogP contribution < -0.4 is 0 Å². The van der Waals surface area contributed by atoms with Crippen LogP contribution in [0.1, 0.15) is 29.8 Å². The van der Waals surface area contributed by atoms with Gasteiger partial charge in [-0.15, -0.1) is 0 Å². The van der Waals surface area contributed by atoms with Crippen LogP contribution >= 0.6 is 0 Å². The van der Waals surface area contributed by atoms with E-state index in [0.29, 0.717) is 5.56 Å². The maximum atomic E-state index is 11.7. The molecule has 0 atom stereocenters. The molecule has 18 heavy (non-hydrogen) atoms. The van der Waals surface area contributed by atoms with Crippen molar-refractivity contribution < 1.29 is 19.4 Å². The second kappa shape index (κ2) is 5.60. The number of esters is 1. The number of hydrogen-bond donors (Lipinski definition) is 1. The molecule has 96 valence electrons. The molecule has 0 heterocycles. The van der Waals surface area contributed by atoms with Crippen LogP contribution in [0.25, 0.3) is 6.08 Å². The minimum Gasteiger partial charge on any atom is -0.466 e. The highest BCUT2D eigenvalue weighted by Gasteiger charge is 2.24. The van der Waals surface area contributed by atoms with Crippen molar-refractivity contribution >= 4 is 17.8 Å². The summed E-state index contributed by atoms with van der Waals surface area (Å²) in [6, 6.07) is 6.60. The molecule has 0 unspecified atom stereocenters. The van der Waals surface area contributed by atoms with Crippen LogP contribution in [0.5, 0.6) is 0 Å². The topological polar surface area (TPSA) is 63.6 Å². The second-order valence-corrected chi connectivity index (χ2v) is 4.37. The average molecular weight is 248 g/mol. The fraction of sp³-hybridized carbons (Fsp3) is 0.286. The number of hydrogen-bond acceptors (Lipinski definition) is 4. The molecule has 0 fully saturated rings. The summed E-state index contributed by atoms with van der Waals surface area (Å²) in [6.45, 7) is 2.89. The van der Waals surface area contributed by atoms with E-state index in [-0.39, 0.29) is 5.78 Å². The Morgan fingerprint density at radius 2 is 1.78 bits per heavy atom. The fourth-order valence-electron chi connectivity index (χ4n) is 1.33. The third-order valence-corrected chi connectivity index (χ3v) is 2.34. The summed E-state index contributed by atoms with van der Waals surface area (Å²) in [4.78, 5) is 22.6. The van der Waals surface area contributed by atoms with E-state index >= 15 is 0 Å². The van der Waals surface area contributed by atoms with Crippen molar-refractivity contribution in [2.45, 2.75) is 19.4 Å². The van der Waals surface area contributed by atoms with E-state index in [0.717, 1.165) is 5.56 Å². The molecule has 0 saturated heterocycles. The zero-order chi connectivity index (χ0) is 13.8. The number of Topliss-reactive ketones (excluding diaryl/α,β-unsaturated/α-hetero) is 1. The van der Waals surface area contributed by atoms with Crippen LogP contribution in [-0.4, -0.2) is 29.6 Å². The smallest absolute Gasteiger partial charge is 0.330 e. The zero-order valence-corrected chi connectivity index (χ0v) is 10.6. The fourth-order valence-corrected chi connectivity index (χ4v) is 1.33. The highest BCUT2D eigenvalue weighted by atomic mass is 16.5. The number of carbonyl (C=O) groups excluding carboxylic acids is 2. The van der Waals surface area contributed by atoms with Gasteiger partial charge in [0.25, 0.3) is 0 Å². The van der Waals surface area contributed by atoms with E-state index in [2.05, 4.69) is 4.74 Å². The zero-order valence-electron chi connectivity index (χ0n) is 10.6. The van der Waals surface area contributed by atoms with Gasteiger partial charge in [0.05, 0.1) is 7.11 Å². The first-order valence-electron chi connectivity index (χ1n) is 5.48. The number of ketones is 1. The van der Waals surface area contributed by atoms with Gasteiger partial charge in [0.15, 0.2) is 5.78 Å². The van der Waals surface area contributed by atoms with Crippen molar-refractivity contribution in [3.63, 3.8) is 0 Å². The molecule has 1 aromatic rings. The quantitative estimate of drug-likeness (QED) is 0.501. The molecule has 4 heteroatoms. The third kappa shape index (κ3) is 3.82. The molecule has 1 aromatic carbocycles. The molecule has 1 N–H and O–H groups in total. The summed E-state index contributed by atoms with van der Waals surface area (Å²) in [6.07, 6.45) is 2.89. The van der Waals surface area contributed by atoms with Gasteiger partial charge in [0.1, 0.15) is 5.60 Å². The highest BCUT2D eigenvalue weighted by molar-refractivity contribution is 6.01. The molecule has 0 aromatic heterocycles. The summed E-state index contributed by atoms with van der Waals surface area (Å²) >= 11 is 0. The lowest BCUT2D eigenvalue weighted by atomic mass is 9.96. The van der Waals surface area contributed by atoms with Crippen molar-refractivity contribution in [1.29, 1.82) is 0 Å². The summed E-state index contributed by atoms with van der Waals surface area (Å²) in [7, 11) is 1.30. The molecule has 0 radical (unpaired) electrons. The van der Waals surface area contributed by atoms with Gasteiger partial charge in [-0.2, -0.15) is 0 Å². The van der Waals surface area contributed by atoms with Crippen molar-refractivity contribution in [3.8, 4) is 0 Å². The Morgan fingerprint density at radius 3 is 2.22 bits per heavy atom. The number of aliphatic hydroxyl groups is 1. The first-order valence-corrected chi connectivity index (χ1v) is 5.48. The molecule has 0 amide bonds. The Kier molecular flexibility index (Phi) is 4.39. The Morgan fingerprint density at radius 1 is 1.22 bits per heavy atom. The van der Waals surface area contributed by atoms with E-state index in [4.69, 9.17) is 0 Å². The molecular formula is C14H16O4. The lowest BCUT2D eigenvalue weighted by Crippen LogP contribution is -2.30. The van der Waals surface area contributed by atoms with Crippen molar-refractivity contribution in [2.75, 3.05) is 7.11 Å². The van der Waals surface area contributed by atoms with Crippen LogP contribution in [-0.2, 0) is 9.53 Å². The standard InChI is InChI=1S/C14H16O4/c1-14(2,17)13(16)11-7-4-10(5-8-11)6-9-12(15)18-3/h4-9,17H,1-3H3. The van der Waals surface area contributed by atoms with Crippen LogP contribution in [0.3, 0.4) is 0 Å². The average Bonchev–Trinajstić information content (AvgIpc) is 2.34. The van der Waals surface area contributed by atoms with Gasteiger partial charge in [-0.25, -0.2) is 4.79 Å². The summed E-state index contributed by atoms with van der Waals surface area (Å²) in [5.74, 6) is -0.780. The van der Waals surface area contributed by atoms with Gasteiger partial charge in [0, 0.05) is 11.6 Å². The van der Waals surface area contributed by atoms with Gasteiger partial charge in [0.2, 0.25) is 0 Å². The van der Waals surface area contributed by atoms with Crippen molar-refractivity contribution in [2.24, 2.45) is 0 Å². The van der Waals surface area contributed by atoms with Crippen molar-refractivity contribution in [3.05, 3.63) is 41.5 Å². The maximum absolute atomic E-state index is 11.7. The van der Waals surface area contributed by atoms with E-state index in [1.165, 1.54) is 27.0 Å². The van der Waals surface area contributed by atoms with Crippen LogP contribution in [0.4, 0.5) is 0 Å². The highest BCUT2D eigenvalue weighted by Crippen LogP contribution is 2.14. The predicted octanol–water partition coefficient (Wildman–Crippen LogP) is 1.83. The Balaban J connectivity index is 2.84. The number of benzene rings is 1. The molecule has 0 aliphatic rings. The van der Waals surface area contributed by atoms with E-state index in [1.807, 2.05) is 0 Å². The molecule has 0 bridgehead atoms. The van der Waals surface area contributed by atoms with Gasteiger partial charge in [-0.05, 0) is 25.5 Å². The molecule has 0 aliphatic carbocycles. The summed E-state index contributed by atoms with van der Waals surface area (Å²) in [5.41, 5.74) is -0.186. The third-order valence-electron chi connectivity index (χ3n) is 2.34. The lowest BCUT2D eigenvalue weighted by molar-refractivity contribution is -0.134. The summed E-state index contributed by atoms with van der Waals surface area (Å²) in [5, 5.41) is 9.59. The molecule has 0 spiro atoms. The lowest BCUT2D eigenvalue weighted by Gasteiger charge is -2.15. The predicted molar refractivity (Wildman–Crippen MR) is 68.1 cm³/mol. The van der Waals surface area contributed by atoms with Crippen LogP contribution in [0.15, 0.2) is 30.3 Å². The molecular weight excluding hydrogens is 232 g/mol. The van der Waals surface area contributed by atoms with Crippen molar-refractivity contribution in [1.82, 2.24) is 0 Å². The Labute approximate surface area is 106 Å². The monoisotopic (exact) mass is 248 g/mol. The number of carbonyl (C=O) groups is 2. The first-order chi connectivity index (χ1) is 8.34. The molecule has 1 rings (SSSR count). The minimum absolute atomic E-state index is 0.342. The van der Waals surface area contributed by atoms with E-state index < -0.39 is 11.6 Å². The van der Waals surface area contributed by atoms with Crippen LogP contribution in [0.2, 0.25) is 0 Å². The number of ether oxygens (including phenoxy) is 1. The van der Waals surface area contributed by atoms with Gasteiger partial charge in [-0.3, -0.25) is 4.79 Å².